The van der Waals surface area contributed by atoms with Gasteiger partial charge in [-0.25, -0.2) is 13.5 Å². The summed E-state index contributed by atoms with van der Waals surface area (Å²) < 4.78 is 34.4. The summed E-state index contributed by atoms with van der Waals surface area (Å²) in [6.45, 7) is 6.82. The van der Waals surface area contributed by atoms with Gasteiger partial charge in [0, 0.05) is 12.6 Å². The molecular formula is C23H25F2N3O2. The molecule has 0 aliphatic carbocycles. The average molecular weight is 413 g/mol. The Bertz CT molecular complexity index is 1020. The van der Waals surface area contributed by atoms with Gasteiger partial charge in [0.1, 0.15) is 11.5 Å². The first-order valence-electron chi connectivity index (χ1n) is 9.78. The molecule has 30 heavy (non-hydrogen) atoms. The summed E-state index contributed by atoms with van der Waals surface area (Å²) in [4.78, 5) is 12.7. The molecule has 2 aromatic carbocycles. The number of nitrogens with zero attached hydrogens (tertiary/aromatic N) is 2. The normalized spacial score (nSPS) is 12.0. The highest BCUT2D eigenvalue weighted by Gasteiger charge is 2.21. The third kappa shape index (κ3) is 5.10. The van der Waals surface area contributed by atoms with Gasteiger partial charge in [-0.05, 0) is 37.5 Å². The second-order valence-corrected chi connectivity index (χ2v) is 7.37. The number of aryl methyl sites for hydroxylation is 1. The number of carbonyl (C=O) groups is 1. The maximum absolute atomic E-state index is 14.1. The SMILES string of the molecule is Cc1nn(-c2ccc(F)cc2F)c(C)c1C(=O)NCC(C)COCc1ccccc1. The van der Waals surface area contributed by atoms with Crippen LogP contribution in [0.3, 0.4) is 0 Å². The van der Waals surface area contributed by atoms with E-state index in [0.717, 1.165) is 17.7 Å². The summed E-state index contributed by atoms with van der Waals surface area (Å²) in [5.74, 6) is -1.58. The van der Waals surface area contributed by atoms with Crippen LogP contribution in [0.1, 0.15) is 34.2 Å². The molecule has 3 aromatic rings. The van der Waals surface area contributed by atoms with E-state index in [1.54, 1.807) is 13.8 Å². The predicted molar refractivity (Wildman–Crippen MR) is 111 cm³/mol. The van der Waals surface area contributed by atoms with Crippen LogP contribution < -0.4 is 5.32 Å². The minimum Gasteiger partial charge on any atom is -0.376 e. The molecule has 0 saturated carbocycles. The number of aromatic nitrogens is 2. The van der Waals surface area contributed by atoms with Crippen molar-refractivity contribution in [2.75, 3.05) is 13.2 Å². The van der Waals surface area contributed by atoms with Crippen LogP contribution in [-0.4, -0.2) is 28.8 Å². The van der Waals surface area contributed by atoms with E-state index in [0.29, 0.717) is 36.7 Å². The van der Waals surface area contributed by atoms with Gasteiger partial charge in [0.25, 0.3) is 5.91 Å². The lowest BCUT2D eigenvalue weighted by molar-refractivity contribution is 0.0843. The second-order valence-electron chi connectivity index (χ2n) is 7.37. The van der Waals surface area contributed by atoms with Crippen molar-refractivity contribution in [2.45, 2.75) is 27.4 Å². The Morgan fingerprint density at radius 3 is 2.60 bits per heavy atom. The third-order valence-electron chi connectivity index (χ3n) is 4.78. The summed E-state index contributed by atoms with van der Waals surface area (Å²) in [5, 5.41) is 7.16. The van der Waals surface area contributed by atoms with Gasteiger partial charge in [-0.15, -0.1) is 0 Å². The van der Waals surface area contributed by atoms with Crippen LogP contribution in [0.5, 0.6) is 0 Å². The Labute approximate surface area is 174 Å². The van der Waals surface area contributed by atoms with Crippen molar-refractivity contribution >= 4 is 5.91 Å². The van der Waals surface area contributed by atoms with Crippen LogP contribution in [0.4, 0.5) is 8.78 Å². The van der Waals surface area contributed by atoms with E-state index in [1.807, 2.05) is 37.3 Å². The number of hydrogen-bond donors (Lipinski definition) is 1. The molecule has 0 radical (unpaired) electrons. The quantitative estimate of drug-likeness (QED) is 0.597. The number of rotatable bonds is 8. The Morgan fingerprint density at radius 1 is 1.17 bits per heavy atom. The molecule has 158 valence electrons. The van der Waals surface area contributed by atoms with Crippen LogP contribution in [-0.2, 0) is 11.3 Å². The number of hydrogen-bond acceptors (Lipinski definition) is 3. The van der Waals surface area contributed by atoms with Crippen molar-refractivity contribution in [1.29, 1.82) is 0 Å². The topological polar surface area (TPSA) is 56.2 Å². The fourth-order valence-corrected chi connectivity index (χ4v) is 3.23. The number of nitrogens with one attached hydrogen (secondary N) is 1. The van der Waals surface area contributed by atoms with Gasteiger partial charge in [0.15, 0.2) is 5.82 Å². The van der Waals surface area contributed by atoms with Crippen molar-refractivity contribution < 1.29 is 18.3 Å². The molecular weight excluding hydrogens is 388 g/mol. The van der Waals surface area contributed by atoms with E-state index in [4.69, 9.17) is 4.74 Å². The van der Waals surface area contributed by atoms with Crippen molar-refractivity contribution in [3.8, 4) is 5.69 Å². The highest BCUT2D eigenvalue weighted by molar-refractivity contribution is 5.96. The Kier molecular flexibility index (Phi) is 6.95. The molecule has 7 heteroatoms. The summed E-state index contributed by atoms with van der Waals surface area (Å²) in [6, 6.07) is 13.1. The Hall–Kier alpha value is -3.06. The van der Waals surface area contributed by atoms with E-state index in [9.17, 15) is 13.6 Å². The molecule has 0 aliphatic heterocycles. The second kappa shape index (κ2) is 9.63. The number of amides is 1. The first kappa shape index (κ1) is 21.6. The van der Waals surface area contributed by atoms with Gasteiger partial charge >= 0.3 is 0 Å². The molecule has 0 fully saturated rings. The highest BCUT2D eigenvalue weighted by atomic mass is 19.1. The van der Waals surface area contributed by atoms with Gasteiger partial charge < -0.3 is 10.1 Å². The minimum absolute atomic E-state index is 0.0960. The molecule has 1 unspecified atom stereocenters. The maximum atomic E-state index is 14.1. The Morgan fingerprint density at radius 2 is 1.90 bits per heavy atom. The van der Waals surface area contributed by atoms with Gasteiger partial charge in [-0.1, -0.05) is 37.3 Å². The average Bonchev–Trinajstić information content (AvgIpc) is 3.01. The largest absolute Gasteiger partial charge is 0.376 e. The zero-order valence-corrected chi connectivity index (χ0v) is 17.3. The number of benzene rings is 2. The molecule has 0 spiro atoms. The van der Waals surface area contributed by atoms with Crippen LogP contribution in [0.15, 0.2) is 48.5 Å². The standard InChI is InChI=1S/C23H25F2N3O2/c1-15(13-30-14-18-7-5-4-6-8-18)12-26-23(29)22-16(2)27-28(17(22)3)21-10-9-19(24)11-20(21)25/h4-11,15H,12-14H2,1-3H3,(H,26,29). The van der Waals surface area contributed by atoms with Crippen LogP contribution in [0, 0.1) is 31.4 Å². The van der Waals surface area contributed by atoms with Gasteiger partial charge in [-0.2, -0.15) is 5.10 Å². The molecule has 1 aromatic heterocycles. The molecule has 0 bridgehead atoms. The summed E-state index contributed by atoms with van der Waals surface area (Å²) >= 11 is 0. The summed E-state index contributed by atoms with van der Waals surface area (Å²) in [6.07, 6.45) is 0. The molecule has 1 N–H and O–H groups in total. The van der Waals surface area contributed by atoms with Crippen LogP contribution in [0.25, 0.3) is 5.69 Å². The predicted octanol–water partition coefficient (Wildman–Crippen LogP) is 4.35. The number of ether oxygens (including phenoxy) is 1. The maximum Gasteiger partial charge on any atom is 0.255 e. The van der Waals surface area contributed by atoms with Crippen LogP contribution >= 0.6 is 0 Å². The lowest BCUT2D eigenvalue weighted by Gasteiger charge is -2.13. The van der Waals surface area contributed by atoms with E-state index >= 15 is 0 Å². The van der Waals surface area contributed by atoms with Crippen molar-refractivity contribution in [3.05, 3.63) is 82.7 Å². The lowest BCUT2D eigenvalue weighted by atomic mass is 10.1. The molecule has 1 heterocycles. The summed E-state index contributed by atoms with van der Waals surface area (Å²) in [5.41, 5.74) is 2.54. The van der Waals surface area contributed by atoms with E-state index in [1.165, 1.54) is 10.7 Å². The molecule has 1 amide bonds. The Balaban J connectivity index is 1.59. The zero-order valence-electron chi connectivity index (χ0n) is 17.3. The molecule has 0 aliphatic rings. The first-order chi connectivity index (χ1) is 14.4. The lowest BCUT2D eigenvalue weighted by Crippen LogP contribution is -2.30. The van der Waals surface area contributed by atoms with E-state index < -0.39 is 11.6 Å². The molecule has 0 saturated heterocycles. The molecule has 3 rings (SSSR count). The van der Waals surface area contributed by atoms with Crippen molar-refractivity contribution in [3.63, 3.8) is 0 Å². The van der Waals surface area contributed by atoms with Gasteiger partial charge in [-0.3, -0.25) is 4.79 Å². The number of halogens is 2. The zero-order chi connectivity index (χ0) is 21.7. The van der Waals surface area contributed by atoms with Crippen molar-refractivity contribution in [2.24, 2.45) is 5.92 Å². The monoisotopic (exact) mass is 413 g/mol. The number of carbonyl (C=O) groups excluding carboxylic acids is 1. The van der Waals surface area contributed by atoms with E-state index in [-0.39, 0.29) is 17.5 Å². The van der Waals surface area contributed by atoms with Gasteiger partial charge in [0.2, 0.25) is 0 Å². The fraction of sp³-hybridized carbons (Fsp3) is 0.304. The van der Waals surface area contributed by atoms with Gasteiger partial charge in [0.05, 0.1) is 30.2 Å². The summed E-state index contributed by atoms with van der Waals surface area (Å²) in [7, 11) is 0. The van der Waals surface area contributed by atoms with E-state index in [2.05, 4.69) is 10.4 Å². The fourth-order valence-electron chi connectivity index (χ4n) is 3.23. The van der Waals surface area contributed by atoms with Crippen molar-refractivity contribution in [1.82, 2.24) is 15.1 Å². The van der Waals surface area contributed by atoms with Crippen LogP contribution in [0.2, 0.25) is 0 Å². The minimum atomic E-state index is -0.739. The smallest absolute Gasteiger partial charge is 0.255 e. The third-order valence-corrected chi connectivity index (χ3v) is 4.78. The highest BCUT2D eigenvalue weighted by Crippen LogP contribution is 2.21. The molecule has 1 atom stereocenters. The first-order valence-corrected chi connectivity index (χ1v) is 9.78. The molecule has 5 nitrogen and oxygen atoms in total.